The van der Waals surface area contributed by atoms with Crippen LogP contribution in [0.3, 0.4) is 0 Å². The smallest absolute Gasteiger partial charge is 0.257 e. The Labute approximate surface area is 92.6 Å². The van der Waals surface area contributed by atoms with E-state index in [-0.39, 0.29) is 35.5 Å². The van der Waals surface area contributed by atoms with Gasteiger partial charge in [-0.1, -0.05) is 0 Å². The lowest BCUT2D eigenvalue weighted by molar-refractivity contribution is 0.0359. The lowest BCUT2D eigenvalue weighted by Gasteiger charge is -2.38. The second-order valence-corrected chi connectivity index (χ2v) is 3.96. The molecule has 1 aliphatic rings. The average molecular weight is 223 g/mol. The highest BCUT2D eigenvalue weighted by molar-refractivity contribution is 5.97. The van der Waals surface area contributed by atoms with Crippen molar-refractivity contribution < 1.29 is 20.1 Å². The van der Waals surface area contributed by atoms with Crippen LogP contribution in [0, 0.1) is 5.92 Å². The van der Waals surface area contributed by atoms with E-state index in [2.05, 4.69) is 0 Å². The maximum Gasteiger partial charge on any atom is 0.257 e. The van der Waals surface area contributed by atoms with E-state index in [0.29, 0.717) is 13.1 Å². The first-order chi connectivity index (χ1) is 7.61. The Balaban J connectivity index is 2.10. The minimum absolute atomic E-state index is 0.0747. The highest BCUT2D eigenvalue weighted by atomic mass is 16.3. The molecule has 0 aliphatic carbocycles. The van der Waals surface area contributed by atoms with E-state index in [4.69, 9.17) is 10.2 Å². The number of carbonyl (C=O) groups excluding carboxylic acids is 1. The van der Waals surface area contributed by atoms with Crippen molar-refractivity contribution in [1.29, 1.82) is 0 Å². The molecule has 1 saturated heterocycles. The molecule has 5 nitrogen and oxygen atoms in total. The molecule has 0 radical (unpaired) electrons. The topological polar surface area (TPSA) is 81.0 Å². The molecule has 0 saturated carbocycles. The van der Waals surface area contributed by atoms with E-state index >= 15 is 0 Å². The summed E-state index contributed by atoms with van der Waals surface area (Å²) in [6.45, 7) is 1.09. The molecule has 0 atom stereocenters. The number of carbonyl (C=O) groups is 1. The molecule has 0 unspecified atom stereocenters. The molecule has 86 valence electrons. The van der Waals surface area contributed by atoms with Crippen LogP contribution >= 0.6 is 0 Å². The number of benzene rings is 1. The fourth-order valence-electron chi connectivity index (χ4n) is 1.72. The van der Waals surface area contributed by atoms with Crippen LogP contribution in [0.1, 0.15) is 10.4 Å². The number of amides is 1. The summed E-state index contributed by atoms with van der Waals surface area (Å²) in [4.78, 5) is 13.4. The summed E-state index contributed by atoms with van der Waals surface area (Å²) in [6, 6.07) is 3.88. The van der Waals surface area contributed by atoms with Crippen molar-refractivity contribution in [2.24, 2.45) is 5.92 Å². The van der Waals surface area contributed by atoms with Gasteiger partial charge in [0.15, 0.2) is 0 Å². The lowest BCUT2D eigenvalue weighted by atomic mass is 10.00. The number of phenols is 2. The van der Waals surface area contributed by atoms with Gasteiger partial charge in [-0.15, -0.1) is 0 Å². The zero-order chi connectivity index (χ0) is 11.7. The fraction of sp³-hybridized carbons (Fsp3) is 0.364. The van der Waals surface area contributed by atoms with Crippen molar-refractivity contribution in [3.8, 4) is 11.5 Å². The van der Waals surface area contributed by atoms with Gasteiger partial charge in [-0.2, -0.15) is 0 Å². The van der Waals surface area contributed by atoms with Crippen LogP contribution in [0.4, 0.5) is 0 Å². The minimum atomic E-state index is -0.276. The fourth-order valence-corrected chi connectivity index (χ4v) is 1.72. The second kappa shape index (κ2) is 4.02. The van der Waals surface area contributed by atoms with E-state index in [1.165, 1.54) is 12.1 Å². The van der Waals surface area contributed by atoms with Gasteiger partial charge in [-0.25, -0.2) is 0 Å². The molecule has 1 fully saturated rings. The Bertz CT molecular complexity index is 412. The first kappa shape index (κ1) is 10.8. The molecular weight excluding hydrogens is 210 g/mol. The first-order valence-electron chi connectivity index (χ1n) is 5.04. The van der Waals surface area contributed by atoms with Crippen molar-refractivity contribution in [1.82, 2.24) is 4.90 Å². The van der Waals surface area contributed by atoms with Crippen LogP contribution in [-0.4, -0.2) is 45.8 Å². The number of aliphatic hydroxyl groups excluding tert-OH is 1. The molecule has 1 aromatic carbocycles. The number of hydrogen-bond donors (Lipinski definition) is 3. The Morgan fingerprint density at radius 1 is 1.38 bits per heavy atom. The Kier molecular flexibility index (Phi) is 2.70. The third kappa shape index (κ3) is 1.81. The second-order valence-electron chi connectivity index (χ2n) is 3.96. The summed E-state index contributed by atoms with van der Waals surface area (Å²) in [5.41, 5.74) is 0.175. The molecule has 0 spiro atoms. The zero-order valence-corrected chi connectivity index (χ0v) is 8.63. The molecule has 1 aliphatic heterocycles. The van der Waals surface area contributed by atoms with Crippen molar-refractivity contribution in [3.05, 3.63) is 23.8 Å². The molecular formula is C11H13NO4. The monoisotopic (exact) mass is 223 g/mol. The summed E-state index contributed by atoms with van der Waals surface area (Å²) >= 11 is 0. The number of aromatic hydroxyl groups is 2. The molecule has 3 N–H and O–H groups in total. The maximum atomic E-state index is 11.8. The number of aliphatic hydroxyl groups is 1. The number of likely N-dealkylation sites (tertiary alicyclic amines) is 1. The number of hydrogen-bond acceptors (Lipinski definition) is 4. The van der Waals surface area contributed by atoms with Gasteiger partial charge in [-0.3, -0.25) is 4.79 Å². The third-order valence-corrected chi connectivity index (χ3v) is 2.71. The number of phenolic OH excluding ortho intramolecular Hbond substituents is 2. The van der Waals surface area contributed by atoms with Gasteiger partial charge < -0.3 is 20.2 Å². The van der Waals surface area contributed by atoms with E-state index in [0.717, 1.165) is 6.07 Å². The standard InChI is InChI=1S/C11H13NO4/c13-6-7-4-12(5-7)11(16)9-2-1-8(14)3-10(9)15/h1-3,7,13-15H,4-6H2. The maximum absolute atomic E-state index is 11.8. The number of rotatable bonds is 2. The van der Waals surface area contributed by atoms with Crippen molar-refractivity contribution >= 4 is 5.91 Å². The molecule has 5 heteroatoms. The Hall–Kier alpha value is -1.75. The van der Waals surface area contributed by atoms with Crippen LogP contribution in [0.5, 0.6) is 11.5 Å². The summed E-state index contributed by atoms with van der Waals surface area (Å²) in [5.74, 6) is -0.436. The van der Waals surface area contributed by atoms with Crippen molar-refractivity contribution in [3.63, 3.8) is 0 Å². The molecule has 2 rings (SSSR count). The van der Waals surface area contributed by atoms with Crippen LogP contribution < -0.4 is 0 Å². The van der Waals surface area contributed by atoms with E-state index < -0.39 is 0 Å². The lowest BCUT2D eigenvalue weighted by Crippen LogP contribution is -2.51. The van der Waals surface area contributed by atoms with Gasteiger partial charge in [0.25, 0.3) is 5.91 Å². The molecule has 16 heavy (non-hydrogen) atoms. The molecule has 1 aromatic rings. The van der Waals surface area contributed by atoms with Crippen molar-refractivity contribution in [2.75, 3.05) is 19.7 Å². The summed E-state index contributed by atoms with van der Waals surface area (Å²) in [7, 11) is 0. The van der Waals surface area contributed by atoms with E-state index in [1.807, 2.05) is 0 Å². The van der Waals surface area contributed by atoms with Gasteiger partial charge in [0.1, 0.15) is 11.5 Å². The van der Waals surface area contributed by atoms with E-state index in [9.17, 15) is 9.90 Å². The Morgan fingerprint density at radius 2 is 2.06 bits per heavy atom. The molecule has 0 aromatic heterocycles. The first-order valence-corrected chi connectivity index (χ1v) is 5.04. The van der Waals surface area contributed by atoms with Crippen LogP contribution in [0.25, 0.3) is 0 Å². The van der Waals surface area contributed by atoms with E-state index in [1.54, 1.807) is 4.90 Å². The van der Waals surface area contributed by atoms with Crippen molar-refractivity contribution in [2.45, 2.75) is 0 Å². The van der Waals surface area contributed by atoms with Crippen LogP contribution in [0.2, 0.25) is 0 Å². The summed E-state index contributed by atoms with van der Waals surface area (Å²) in [6.07, 6.45) is 0. The van der Waals surface area contributed by atoms with Gasteiger partial charge in [0.05, 0.1) is 5.56 Å². The quantitative estimate of drug-likeness (QED) is 0.667. The SMILES string of the molecule is O=C(c1ccc(O)cc1O)N1CC(CO)C1. The highest BCUT2D eigenvalue weighted by Crippen LogP contribution is 2.26. The molecule has 1 heterocycles. The zero-order valence-electron chi connectivity index (χ0n) is 8.63. The largest absolute Gasteiger partial charge is 0.508 e. The van der Waals surface area contributed by atoms with Crippen LogP contribution in [-0.2, 0) is 0 Å². The van der Waals surface area contributed by atoms with Gasteiger partial charge in [-0.05, 0) is 12.1 Å². The molecule has 0 bridgehead atoms. The van der Waals surface area contributed by atoms with Gasteiger partial charge in [0, 0.05) is 31.7 Å². The number of nitrogens with zero attached hydrogens (tertiary/aromatic N) is 1. The predicted octanol–water partition coefficient (Wildman–Crippen LogP) is 0.162. The molecule has 1 amide bonds. The summed E-state index contributed by atoms with van der Waals surface area (Å²) in [5, 5.41) is 27.4. The Morgan fingerprint density at radius 3 is 2.62 bits per heavy atom. The predicted molar refractivity (Wildman–Crippen MR) is 56.3 cm³/mol. The third-order valence-electron chi connectivity index (χ3n) is 2.71. The highest BCUT2D eigenvalue weighted by Gasteiger charge is 2.31. The van der Waals surface area contributed by atoms with Crippen LogP contribution in [0.15, 0.2) is 18.2 Å². The van der Waals surface area contributed by atoms with Gasteiger partial charge in [0.2, 0.25) is 0 Å². The normalized spacial score (nSPS) is 15.9. The van der Waals surface area contributed by atoms with Gasteiger partial charge >= 0.3 is 0 Å². The average Bonchev–Trinajstić information content (AvgIpc) is 2.15. The minimum Gasteiger partial charge on any atom is -0.508 e. The summed E-state index contributed by atoms with van der Waals surface area (Å²) < 4.78 is 0.